The first-order valence-electron chi connectivity index (χ1n) is 7.13. The molecule has 0 spiro atoms. The number of likely N-dealkylation sites (tertiary alicyclic amines) is 1. The maximum absolute atomic E-state index is 12.8. The average Bonchev–Trinajstić information content (AvgIpc) is 2.99. The molecular weight excluding hydrogens is 311 g/mol. The van der Waals surface area contributed by atoms with Crippen molar-refractivity contribution in [3.8, 4) is 11.4 Å². The number of aromatic nitrogens is 2. The molecule has 1 unspecified atom stereocenters. The summed E-state index contributed by atoms with van der Waals surface area (Å²) in [6.45, 7) is 0. The number of carbonyl (C=O) groups is 1. The number of piperidine rings is 1. The molecule has 0 aliphatic carbocycles. The highest BCUT2D eigenvalue weighted by Crippen LogP contribution is 2.33. The topological polar surface area (TPSA) is 59.2 Å². The average molecular weight is 325 g/mol. The molecule has 1 atom stereocenters. The normalized spacial score (nSPS) is 19.2. The number of amides is 1. The van der Waals surface area contributed by atoms with Crippen molar-refractivity contribution in [1.29, 1.82) is 0 Å². The van der Waals surface area contributed by atoms with Gasteiger partial charge in [0.05, 0.1) is 5.56 Å². The Kier molecular flexibility index (Phi) is 3.83. The summed E-state index contributed by atoms with van der Waals surface area (Å²) in [5, 5.41) is 3.75. The summed E-state index contributed by atoms with van der Waals surface area (Å²) < 4.78 is 43.5. The number of rotatable bonds is 2. The first-order chi connectivity index (χ1) is 10.9. The van der Waals surface area contributed by atoms with Gasteiger partial charge >= 0.3 is 6.18 Å². The van der Waals surface area contributed by atoms with E-state index in [9.17, 15) is 18.0 Å². The summed E-state index contributed by atoms with van der Waals surface area (Å²) in [5.74, 6) is 0.311. The zero-order valence-electron chi connectivity index (χ0n) is 12.3. The molecule has 2 heterocycles. The Morgan fingerprint density at radius 3 is 2.87 bits per heavy atom. The molecule has 1 aliphatic rings. The number of alkyl halides is 3. The van der Waals surface area contributed by atoms with Gasteiger partial charge in [-0.3, -0.25) is 4.79 Å². The van der Waals surface area contributed by atoms with Crippen molar-refractivity contribution in [2.45, 2.75) is 31.5 Å². The fourth-order valence-corrected chi connectivity index (χ4v) is 2.60. The third kappa shape index (κ3) is 3.06. The molecule has 0 radical (unpaired) electrons. The predicted octanol–water partition coefficient (Wildman–Crippen LogP) is 3.44. The summed E-state index contributed by atoms with van der Waals surface area (Å²) in [7, 11) is 1.65. The zero-order chi connectivity index (χ0) is 16.6. The summed E-state index contributed by atoms with van der Waals surface area (Å²) in [6.07, 6.45) is -2.55. The van der Waals surface area contributed by atoms with Gasteiger partial charge in [-0.2, -0.15) is 18.2 Å². The van der Waals surface area contributed by atoms with E-state index in [2.05, 4.69) is 10.1 Å². The quantitative estimate of drug-likeness (QED) is 0.849. The summed E-state index contributed by atoms with van der Waals surface area (Å²) in [4.78, 5) is 17.4. The molecule has 0 bridgehead atoms. The number of nitrogens with zero attached hydrogens (tertiary/aromatic N) is 3. The van der Waals surface area contributed by atoms with Gasteiger partial charge in [-0.05, 0) is 25.0 Å². The van der Waals surface area contributed by atoms with E-state index in [4.69, 9.17) is 4.52 Å². The summed E-state index contributed by atoms with van der Waals surface area (Å²) in [5.41, 5.74) is -0.550. The van der Waals surface area contributed by atoms with Crippen molar-refractivity contribution in [3.05, 3.63) is 35.7 Å². The van der Waals surface area contributed by atoms with Crippen LogP contribution in [-0.4, -0.2) is 28.0 Å². The Morgan fingerprint density at radius 1 is 1.35 bits per heavy atom. The van der Waals surface area contributed by atoms with Gasteiger partial charge in [-0.1, -0.05) is 17.3 Å². The van der Waals surface area contributed by atoms with E-state index in [1.165, 1.54) is 17.0 Å². The Morgan fingerprint density at radius 2 is 2.13 bits per heavy atom. The molecule has 8 heteroatoms. The van der Waals surface area contributed by atoms with E-state index < -0.39 is 11.7 Å². The lowest BCUT2D eigenvalue weighted by atomic mass is 10.0. The molecule has 2 aromatic rings. The maximum atomic E-state index is 12.8. The van der Waals surface area contributed by atoms with Gasteiger partial charge in [0.2, 0.25) is 17.6 Å². The molecule has 122 valence electrons. The monoisotopic (exact) mass is 325 g/mol. The second kappa shape index (κ2) is 5.68. The first-order valence-corrected chi connectivity index (χ1v) is 7.13. The highest BCUT2D eigenvalue weighted by molar-refractivity contribution is 5.77. The maximum Gasteiger partial charge on any atom is 0.416 e. The van der Waals surface area contributed by atoms with Crippen LogP contribution < -0.4 is 0 Å². The van der Waals surface area contributed by atoms with Crippen LogP contribution >= 0.6 is 0 Å². The van der Waals surface area contributed by atoms with Gasteiger partial charge < -0.3 is 9.42 Å². The SMILES string of the molecule is CN1C(=O)CCCC1c1nc(-c2cccc(C(F)(F)F)c2)no1. The van der Waals surface area contributed by atoms with Crippen LogP contribution in [0.2, 0.25) is 0 Å². The zero-order valence-corrected chi connectivity index (χ0v) is 12.3. The number of carbonyl (C=O) groups excluding carboxylic acids is 1. The van der Waals surface area contributed by atoms with Crippen molar-refractivity contribution < 1.29 is 22.5 Å². The fourth-order valence-electron chi connectivity index (χ4n) is 2.60. The van der Waals surface area contributed by atoms with E-state index in [0.717, 1.165) is 18.6 Å². The van der Waals surface area contributed by atoms with E-state index >= 15 is 0 Å². The molecule has 3 rings (SSSR count). The number of halogens is 3. The van der Waals surface area contributed by atoms with Crippen LogP contribution in [0.5, 0.6) is 0 Å². The van der Waals surface area contributed by atoms with Crippen LogP contribution in [0.3, 0.4) is 0 Å². The van der Waals surface area contributed by atoms with E-state index in [1.807, 2.05) is 0 Å². The second-order valence-electron chi connectivity index (χ2n) is 5.45. The largest absolute Gasteiger partial charge is 0.416 e. The second-order valence-corrected chi connectivity index (χ2v) is 5.45. The van der Waals surface area contributed by atoms with Crippen molar-refractivity contribution in [2.24, 2.45) is 0 Å². The smallest absolute Gasteiger partial charge is 0.337 e. The van der Waals surface area contributed by atoms with E-state index in [1.54, 1.807) is 7.05 Å². The molecule has 1 saturated heterocycles. The van der Waals surface area contributed by atoms with E-state index in [0.29, 0.717) is 12.8 Å². The Bertz CT molecular complexity index is 727. The summed E-state index contributed by atoms with van der Waals surface area (Å²) >= 11 is 0. The lowest BCUT2D eigenvalue weighted by Crippen LogP contribution is -2.34. The highest BCUT2D eigenvalue weighted by Gasteiger charge is 2.32. The van der Waals surface area contributed by atoms with Gasteiger partial charge in [0.1, 0.15) is 6.04 Å². The molecule has 1 fully saturated rings. The van der Waals surface area contributed by atoms with Crippen LogP contribution in [0, 0.1) is 0 Å². The molecule has 1 aromatic heterocycles. The van der Waals surface area contributed by atoms with Crippen molar-refractivity contribution >= 4 is 5.91 Å². The minimum atomic E-state index is -4.43. The predicted molar refractivity (Wildman–Crippen MR) is 74.1 cm³/mol. The minimum absolute atomic E-state index is 0.0138. The standard InChI is InChI=1S/C15H14F3N3O2/c1-21-11(6-3-7-12(21)22)14-19-13(20-23-14)9-4-2-5-10(8-9)15(16,17)18/h2,4-5,8,11H,3,6-7H2,1H3. The molecule has 1 aromatic carbocycles. The third-order valence-corrected chi connectivity index (χ3v) is 3.90. The number of hydrogen-bond acceptors (Lipinski definition) is 4. The highest BCUT2D eigenvalue weighted by atomic mass is 19.4. The molecule has 5 nitrogen and oxygen atoms in total. The molecule has 1 aliphatic heterocycles. The Hall–Kier alpha value is -2.38. The lowest BCUT2D eigenvalue weighted by Gasteiger charge is -2.29. The Labute approximate surface area is 130 Å². The molecule has 23 heavy (non-hydrogen) atoms. The van der Waals surface area contributed by atoms with Crippen LogP contribution in [0.15, 0.2) is 28.8 Å². The van der Waals surface area contributed by atoms with Gasteiger partial charge in [-0.15, -0.1) is 0 Å². The lowest BCUT2D eigenvalue weighted by molar-refractivity contribution is -0.137. The fraction of sp³-hybridized carbons (Fsp3) is 0.400. The van der Waals surface area contributed by atoms with Crippen molar-refractivity contribution in [3.63, 3.8) is 0 Å². The molecule has 0 N–H and O–H groups in total. The third-order valence-electron chi connectivity index (χ3n) is 3.90. The summed E-state index contributed by atoms with van der Waals surface area (Å²) in [6, 6.07) is 4.41. The van der Waals surface area contributed by atoms with Gasteiger partial charge in [0.15, 0.2) is 0 Å². The van der Waals surface area contributed by atoms with Crippen molar-refractivity contribution in [1.82, 2.24) is 15.0 Å². The first kappa shape index (κ1) is 15.5. The minimum Gasteiger partial charge on any atom is -0.337 e. The van der Waals surface area contributed by atoms with Gasteiger partial charge in [0.25, 0.3) is 0 Å². The van der Waals surface area contributed by atoms with E-state index in [-0.39, 0.29) is 29.2 Å². The molecule has 0 saturated carbocycles. The van der Waals surface area contributed by atoms with Crippen LogP contribution in [0.4, 0.5) is 13.2 Å². The molecule has 1 amide bonds. The Balaban J connectivity index is 1.89. The molecular formula is C15H14F3N3O2. The van der Waals surface area contributed by atoms with Gasteiger partial charge in [-0.25, -0.2) is 0 Å². The number of hydrogen-bond donors (Lipinski definition) is 0. The van der Waals surface area contributed by atoms with Gasteiger partial charge in [0, 0.05) is 19.0 Å². The van der Waals surface area contributed by atoms with Crippen LogP contribution in [-0.2, 0) is 11.0 Å². The van der Waals surface area contributed by atoms with Crippen LogP contribution in [0.25, 0.3) is 11.4 Å². The van der Waals surface area contributed by atoms with Crippen LogP contribution in [0.1, 0.15) is 36.8 Å². The van der Waals surface area contributed by atoms with Crippen molar-refractivity contribution in [2.75, 3.05) is 7.05 Å². The number of benzene rings is 1.